The van der Waals surface area contributed by atoms with E-state index in [1.54, 1.807) is 11.8 Å². The Morgan fingerprint density at radius 3 is 2.87 bits per heavy atom. The monoisotopic (exact) mass is 348 g/mol. The molecule has 0 bridgehead atoms. The topological polar surface area (TPSA) is 72.2 Å². The number of carbonyl (C=O) groups excluding carboxylic acids is 1. The lowest BCUT2D eigenvalue weighted by molar-refractivity contribution is -0.385. The summed E-state index contributed by atoms with van der Waals surface area (Å²) in [7, 11) is 0. The number of nitrogens with zero attached hydrogens (tertiary/aromatic N) is 1. The SMILES string of the molecule is O=C(NC1CCSc2ccccc21)c1cc(Cl)ccc1[N+](=O)[O-]. The maximum atomic E-state index is 12.5. The first kappa shape index (κ1) is 15.8. The van der Waals surface area contributed by atoms with Crippen LogP contribution in [0.25, 0.3) is 0 Å². The average Bonchev–Trinajstić information content (AvgIpc) is 2.54. The molecule has 3 rings (SSSR count). The van der Waals surface area contributed by atoms with Gasteiger partial charge in [-0.05, 0) is 30.2 Å². The van der Waals surface area contributed by atoms with Gasteiger partial charge in [0, 0.05) is 21.7 Å². The minimum atomic E-state index is -0.574. The molecule has 23 heavy (non-hydrogen) atoms. The molecule has 1 N–H and O–H groups in total. The Morgan fingerprint density at radius 1 is 1.30 bits per heavy atom. The number of hydrogen-bond acceptors (Lipinski definition) is 4. The van der Waals surface area contributed by atoms with Crippen molar-refractivity contribution in [1.82, 2.24) is 5.32 Å². The van der Waals surface area contributed by atoms with Crippen molar-refractivity contribution in [3.63, 3.8) is 0 Å². The predicted octanol–water partition coefficient (Wildman–Crippen LogP) is 4.22. The number of benzene rings is 2. The van der Waals surface area contributed by atoms with E-state index in [0.29, 0.717) is 5.02 Å². The lowest BCUT2D eigenvalue weighted by Gasteiger charge is -2.25. The highest BCUT2D eigenvalue weighted by Gasteiger charge is 2.26. The Bertz CT molecular complexity index is 782. The number of carbonyl (C=O) groups is 1. The summed E-state index contributed by atoms with van der Waals surface area (Å²) in [6.45, 7) is 0. The highest BCUT2D eigenvalue weighted by molar-refractivity contribution is 7.99. The molecule has 0 aliphatic carbocycles. The van der Waals surface area contributed by atoms with Gasteiger partial charge in [-0.15, -0.1) is 11.8 Å². The van der Waals surface area contributed by atoms with Gasteiger partial charge in [-0.1, -0.05) is 29.8 Å². The molecule has 1 atom stereocenters. The first-order chi connectivity index (χ1) is 11.1. The van der Waals surface area contributed by atoms with Crippen molar-refractivity contribution in [3.05, 3.63) is 68.7 Å². The molecule has 1 aliphatic rings. The average molecular weight is 349 g/mol. The van der Waals surface area contributed by atoms with Crippen LogP contribution in [0, 0.1) is 10.1 Å². The molecule has 0 radical (unpaired) electrons. The van der Waals surface area contributed by atoms with E-state index < -0.39 is 10.8 Å². The van der Waals surface area contributed by atoms with E-state index in [-0.39, 0.29) is 17.3 Å². The van der Waals surface area contributed by atoms with Gasteiger partial charge in [0.1, 0.15) is 5.56 Å². The number of amides is 1. The maximum Gasteiger partial charge on any atom is 0.282 e. The van der Waals surface area contributed by atoms with Crippen LogP contribution in [-0.2, 0) is 0 Å². The molecular weight excluding hydrogens is 336 g/mol. The van der Waals surface area contributed by atoms with Gasteiger partial charge in [0.25, 0.3) is 11.6 Å². The van der Waals surface area contributed by atoms with Crippen LogP contribution in [0.2, 0.25) is 5.02 Å². The van der Waals surface area contributed by atoms with Crippen LogP contribution >= 0.6 is 23.4 Å². The number of rotatable bonds is 3. The van der Waals surface area contributed by atoms with Crippen molar-refractivity contribution >= 4 is 35.0 Å². The third-order valence-electron chi connectivity index (χ3n) is 3.66. The van der Waals surface area contributed by atoms with Crippen molar-refractivity contribution < 1.29 is 9.72 Å². The molecule has 0 aromatic heterocycles. The van der Waals surface area contributed by atoms with E-state index in [4.69, 9.17) is 11.6 Å². The summed E-state index contributed by atoms with van der Waals surface area (Å²) in [4.78, 5) is 24.2. The zero-order valence-corrected chi connectivity index (χ0v) is 13.6. The van der Waals surface area contributed by atoms with Gasteiger partial charge in [0.15, 0.2) is 0 Å². The Labute approximate surface area is 142 Å². The summed E-state index contributed by atoms with van der Waals surface area (Å²) in [6, 6.07) is 11.7. The summed E-state index contributed by atoms with van der Waals surface area (Å²) in [5.74, 6) is 0.408. The van der Waals surface area contributed by atoms with Gasteiger partial charge in [0.2, 0.25) is 0 Å². The molecule has 1 aliphatic heterocycles. The zero-order valence-electron chi connectivity index (χ0n) is 12.0. The van der Waals surface area contributed by atoms with Gasteiger partial charge < -0.3 is 5.32 Å². The molecule has 2 aromatic carbocycles. The molecule has 0 spiro atoms. The minimum Gasteiger partial charge on any atom is -0.345 e. The fourth-order valence-electron chi connectivity index (χ4n) is 2.58. The van der Waals surface area contributed by atoms with E-state index in [1.165, 1.54) is 18.2 Å². The van der Waals surface area contributed by atoms with E-state index in [2.05, 4.69) is 5.32 Å². The third kappa shape index (κ3) is 3.33. The molecule has 0 saturated heterocycles. The van der Waals surface area contributed by atoms with Gasteiger partial charge >= 0.3 is 0 Å². The molecule has 5 nitrogen and oxygen atoms in total. The van der Waals surface area contributed by atoms with Crippen LogP contribution in [0.15, 0.2) is 47.4 Å². The van der Waals surface area contributed by atoms with Gasteiger partial charge in [-0.3, -0.25) is 14.9 Å². The highest BCUT2D eigenvalue weighted by atomic mass is 35.5. The zero-order chi connectivity index (χ0) is 16.4. The van der Waals surface area contributed by atoms with Crippen molar-refractivity contribution in [1.29, 1.82) is 0 Å². The van der Waals surface area contributed by atoms with Crippen molar-refractivity contribution in [3.8, 4) is 0 Å². The van der Waals surface area contributed by atoms with Crippen molar-refractivity contribution in [2.75, 3.05) is 5.75 Å². The van der Waals surface area contributed by atoms with E-state index in [9.17, 15) is 14.9 Å². The second kappa shape index (κ2) is 6.60. The summed E-state index contributed by atoms with van der Waals surface area (Å²) in [5, 5.41) is 14.3. The van der Waals surface area contributed by atoms with E-state index in [1.807, 2.05) is 24.3 Å². The lowest BCUT2D eigenvalue weighted by Crippen LogP contribution is -2.31. The van der Waals surface area contributed by atoms with E-state index >= 15 is 0 Å². The second-order valence-corrected chi connectivity index (χ2v) is 6.69. The normalized spacial score (nSPS) is 16.5. The summed E-state index contributed by atoms with van der Waals surface area (Å²) in [6.07, 6.45) is 0.780. The smallest absolute Gasteiger partial charge is 0.282 e. The number of nitrogens with one attached hydrogen (secondary N) is 1. The lowest BCUT2D eigenvalue weighted by atomic mass is 10.0. The molecule has 0 saturated carbocycles. The first-order valence-electron chi connectivity index (χ1n) is 7.03. The molecule has 7 heteroatoms. The summed E-state index contributed by atoms with van der Waals surface area (Å²) < 4.78 is 0. The van der Waals surface area contributed by atoms with Crippen LogP contribution in [0.1, 0.15) is 28.4 Å². The quantitative estimate of drug-likeness (QED) is 0.666. The Morgan fingerprint density at radius 2 is 2.09 bits per heavy atom. The van der Waals surface area contributed by atoms with Crippen LogP contribution in [-0.4, -0.2) is 16.6 Å². The highest BCUT2D eigenvalue weighted by Crippen LogP contribution is 2.36. The maximum absolute atomic E-state index is 12.5. The molecule has 1 unspecified atom stereocenters. The molecule has 2 aromatic rings. The Hall–Kier alpha value is -2.05. The molecular formula is C16H13ClN2O3S. The number of nitro benzene ring substituents is 1. The predicted molar refractivity (Wildman–Crippen MR) is 90.1 cm³/mol. The van der Waals surface area contributed by atoms with E-state index in [0.717, 1.165) is 22.6 Å². The van der Waals surface area contributed by atoms with Gasteiger partial charge in [0.05, 0.1) is 11.0 Å². The summed E-state index contributed by atoms with van der Waals surface area (Å²) >= 11 is 7.63. The largest absolute Gasteiger partial charge is 0.345 e. The Balaban J connectivity index is 1.89. The summed E-state index contributed by atoms with van der Waals surface area (Å²) in [5.41, 5.74) is 0.783. The number of thioether (sulfide) groups is 1. The number of halogens is 1. The second-order valence-electron chi connectivity index (χ2n) is 5.12. The first-order valence-corrected chi connectivity index (χ1v) is 8.39. The van der Waals surface area contributed by atoms with Crippen LogP contribution in [0.4, 0.5) is 5.69 Å². The number of hydrogen-bond donors (Lipinski definition) is 1. The molecule has 0 fully saturated rings. The minimum absolute atomic E-state index is 0.0155. The third-order valence-corrected chi connectivity index (χ3v) is 5.02. The molecule has 1 heterocycles. The van der Waals surface area contributed by atoms with Crippen LogP contribution in [0.3, 0.4) is 0 Å². The number of nitro groups is 1. The molecule has 1 amide bonds. The van der Waals surface area contributed by atoms with Gasteiger partial charge in [-0.25, -0.2) is 0 Å². The van der Waals surface area contributed by atoms with Crippen LogP contribution < -0.4 is 5.32 Å². The fourth-order valence-corrected chi connectivity index (χ4v) is 3.87. The molecule has 118 valence electrons. The van der Waals surface area contributed by atoms with Crippen molar-refractivity contribution in [2.24, 2.45) is 0 Å². The fraction of sp³-hybridized carbons (Fsp3) is 0.188. The standard InChI is InChI=1S/C16H13ClN2O3S/c17-10-5-6-14(19(21)22)12(9-10)16(20)18-13-7-8-23-15-4-2-1-3-11(13)15/h1-6,9,13H,7-8H2,(H,18,20). The number of fused-ring (bicyclic) bond motifs is 1. The van der Waals surface area contributed by atoms with Crippen molar-refractivity contribution in [2.45, 2.75) is 17.4 Å². The van der Waals surface area contributed by atoms with Gasteiger partial charge in [-0.2, -0.15) is 0 Å². The van der Waals surface area contributed by atoms with Crippen LogP contribution in [0.5, 0.6) is 0 Å². The Kier molecular flexibility index (Phi) is 4.54.